The fraction of sp³-hybridized carbons (Fsp3) is 0.100. The molecule has 4 nitrogen and oxygen atoms in total. The fourth-order valence-electron chi connectivity index (χ4n) is 2.27. The number of para-hydroxylation sites is 1. The second-order valence-corrected chi connectivity index (χ2v) is 5.59. The molecular weight excluding hydrogens is 298 g/mol. The maximum atomic E-state index is 11.9. The second kappa shape index (κ2) is 7.42. The summed E-state index contributed by atoms with van der Waals surface area (Å²) >= 11 is 0. The van der Waals surface area contributed by atoms with Crippen LogP contribution in [0.2, 0.25) is 0 Å². The minimum atomic E-state index is -0.122. The van der Waals surface area contributed by atoms with Crippen molar-refractivity contribution in [2.24, 2.45) is 0 Å². The minimum Gasteiger partial charge on any atom is -0.348 e. The summed E-state index contributed by atoms with van der Waals surface area (Å²) in [6.45, 7) is 2.49. The molecule has 0 bridgehead atoms. The molecule has 0 aliphatic heterocycles. The lowest BCUT2D eigenvalue weighted by Crippen LogP contribution is -2.19. The molecule has 4 heteroatoms. The summed E-state index contributed by atoms with van der Waals surface area (Å²) in [4.78, 5) is 11.9. The number of nitrogens with one attached hydrogen (secondary N) is 1. The van der Waals surface area contributed by atoms with Gasteiger partial charge in [0.2, 0.25) is 5.91 Å². The van der Waals surface area contributed by atoms with Gasteiger partial charge in [0.1, 0.15) is 0 Å². The van der Waals surface area contributed by atoms with E-state index in [1.807, 2.05) is 73.8 Å². The Morgan fingerprint density at radius 3 is 2.62 bits per heavy atom. The SMILES string of the molecule is Cc1ccc(/C=C/C(=O)NCc2cnn(-c3ccccc3)c2)cc1. The third-order valence-electron chi connectivity index (χ3n) is 3.63. The average Bonchev–Trinajstić information content (AvgIpc) is 3.09. The van der Waals surface area contributed by atoms with Crippen LogP contribution in [0.3, 0.4) is 0 Å². The van der Waals surface area contributed by atoms with E-state index in [0.29, 0.717) is 6.54 Å². The van der Waals surface area contributed by atoms with Gasteiger partial charge in [0.05, 0.1) is 11.9 Å². The molecule has 24 heavy (non-hydrogen) atoms. The molecule has 0 fully saturated rings. The summed E-state index contributed by atoms with van der Waals surface area (Å²) in [5, 5.41) is 7.18. The van der Waals surface area contributed by atoms with Crippen molar-refractivity contribution in [3.05, 3.63) is 89.8 Å². The van der Waals surface area contributed by atoms with Crippen molar-refractivity contribution in [2.45, 2.75) is 13.5 Å². The Kier molecular flexibility index (Phi) is 4.87. The summed E-state index contributed by atoms with van der Waals surface area (Å²) in [7, 11) is 0. The highest BCUT2D eigenvalue weighted by atomic mass is 16.1. The minimum absolute atomic E-state index is 0.122. The summed E-state index contributed by atoms with van der Waals surface area (Å²) in [5.41, 5.74) is 4.16. The van der Waals surface area contributed by atoms with Crippen LogP contribution in [-0.2, 0) is 11.3 Å². The molecule has 0 radical (unpaired) electrons. The lowest BCUT2D eigenvalue weighted by molar-refractivity contribution is -0.116. The molecule has 0 saturated carbocycles. The first-order valence-corrected chi connectivity index (χ1v) is 7.82. The molecule has 0 aliphatic carbocycles. The normalized spacial score (nSPS) is 10.9. The lowest BCUT2D eigenvalue weighted by atomic mass is 10.1. The van der Waals surface area contributed by atoms with Crippen molar-refractivity contribution in [1.82, 2.24) is 15.1 Å². The van der Waals surface area contributed by atoms with Gasteiger partial charge in [-0.15, -0.1) is 0 Å². The number of aromatic nitrogens is 2. The van der Waals surface area contributed by atoms with E-state index in [1.165, 1.54) is 5.56 Å². The molecule has 0 aliphatic rings. The van der Waals surface area contributed by atoms with Gasteiger partial charge >= 0.3 is 0 Å². The maximum Gasteiger partial charge on any atom is 0.244 e. The lowest BCUT2D eigenvalue weighted by Gasteiger charge is -2.00. The van der Waals surface area contributed by atoms with Crippen LogP contribution in [-0.4, -0.2) is 15.7 Å². The molecule has 0 unspecified atom stereocenters. The molecule has 3 rings (SSSR count). The van der Waals surface area contributed by atoms with Crippen LogP contribution in [0.5, 0.6) is 0 Å². The Balaban J connectivity index is 1.55. The molecule has 1 aromatic heterocycles. The Bertz CT molecular complexity index is 833. The Labute approximate surface area is 141 Å². The van der Waals surface area contributed by atoms with Crippen molar-refractivity contribution in [1.29, 1.82) is 0 Å². The highest BCUT2D eigenvalue weighted by molar-refractivity contribution is 5.91. The van der Waals surface area contributed by atoms with E-state index in [0.717, 1.165) is 16.8 Å². The molecule has 0 saturated heterocycles. The first-order chi connectivity index (χ1) is 11.7. The number of amides is 1. The Hall–Kier alpha value is -3.14. The van der Waals surface area contributed by atoms with E-state index < -0.39 is 0 Å². The maximum absolute atomic E-state index is 11.9. The third-order valence-corrected chi connectivity index (χ3v) is 3.63. The number of rotatable bonds is 5. The van der Waals surface area contributed by atoms with Gasteiger partial charge in [-0.1, -0.05) is 48.0 Å². The molecule has 120 valence electrons. The molecule has 1 N–H and O–H groups in total. The van der Waals surface area contributed by atoms with Crippen molar-refractivity contribution >= 4 is 12.0 Å². The van der Waals surface area contributed by atoms with Crippen LogP contribution < -0.4 is 5.32 Å². The van der Waals surface area contributed by atoms with Crippen molar-refractivity contribution in [3.8, 4) is 5.69 Å². The number of carbonyl (C=O) groups is 1. The predicted octanol–water partition coefficient (Wildman–Crippen LogP) is 3.51. The van der Waals surface area contributed by atoms with E-state index in [-0.39, 0.29) is 5.91 Å². The van der Waals surface area contributed by atoms with Crippen molar-refractivity contribution < 1.29 is 4.79 Å². The molecule has 0 spiro atoms. The molecule has 1 heterocycles. The van der Waals surface area contributed by atoms with Gasteiger partial charge in [0, 0.05) is 24.4 Å². The molecule has 1 amide bonds. The topological polar surface area (TPSA) is 46.9 Å². The zero-order chi connectivity index (χ0) is 16.8. The standard InChI is InChI=1S/C20H19N3O/c1-16-7-9-17(10-8-16)11-12-20(24)21-13-18-14-22-23(15-18)19-5-3-2-4-6-19/h2-12,14-15H,13H2,1H3,(H,21,24)/b12-11+. The van der Waals surface area contributed by atoms with Gasteiger partial charge in [-0.05, 0) is 30.7 Å². The molecular formula is C20H19N3O. The summed E-state index contributed by atoms with van der Waals surface area (Å²) in [6.07, 6.45) is 7.03. The Morgan fingerprint density at radius 1 is 1.12 bits per heavy atom. The predicted molar refractivity (Wildman–Crippen MR) is 95.6 cm³/mol. The first kappa shape index (κ1) is 15.7. The van der Waals surface area contributed by atoms with E-state index in [1.54, 1.807) is 17.0 Å². The van der Waals surface area contributed by atoms with E-state index in [9.17, 15) is 4.79 Å². The van der Waals surface area contributed by atoms with E-state index in [4.69, 9.17) is 0 Å². The summed E-state index contributed by atoms with van der Waals surface area (Å²) in [5.74, 6) is -0.122. The zero-order valence-electron chi connectivity index (χ0n) is 13.5. The third kappa shape index (κ3) is 4.20. The van der Waals surface area contributed by atoms with Gasteiger partial charge in [-0.3, -0.25) is 4.79 Å². The van der Waals surface area contributed by atoms with Gasteiger partial charge < -0.3 is 5.32 Å². The zero-order valence-corrected chi connectivity index (χ0v) is 13.5. The van der Waals surface area contributed by atoms with Crippen LogP contribution in [0.4, 0.5) is 0 Å². The van der Waals surface area contributed by atoms with Crippen LogP contribution in [0, 0.1) is 6.92 Å². The monoisotopic (exact) mass is 317 g/mol. The van der Waals surface area contributed by atoms with Crippen LogP contribution in [0.15, 0.2) is 73.1 Å². The molecule has 2 aromatic carbocycles. The Morgan fingerprint density at radius 2 is 1.88 bits per heavy atom. The number of nitrogens with zero attached hydrogens (tertiary/aromatic N) is 2. The van der Waals surface area contributed by atoms with E-state index in [2.05, 4.69) is 10.4 Å². The van der Waals surface area contributed by atoms with Crippen LogP contribution in [0.1, 0.15) is 16.7 Å². The highest BCUT2D eigenvalue weighted by Crippen LogP contribution is 2.08. The van der Waals surface area contributed by atoms with E-state index >= 15 is 0 Å². The second-order valence-electron chi connectivity index (χ2n) is 5.59. The number of hydrogen-bond acceptors (Lipinski definition) is 2. The number of carbonyl (C=O) groups excluding carboxylic acids is 1. The van der Waals surface area contributed by atoms with Crippen LogP contribution >= 0.6 is 0 Å². The average molecular weight is 317 g/mol. The fourth-order valence-corrected chi connectivity index (χ4v) is 2.27. The van der Waals surface area contributed by atoms with Gasteiger partial charge in [-0.2, -0.15) is 5.10 Å². The summed E-state index contributed by atoms with van der Waals surface area (Å²) in [6, 6.07) is 17.9. The highest BCUT2D eigenvalue weighted by Gasteiger charge is 2.02. The molecule has 0 atom stereocenters. The molecule has 3 aromatic rings. The smallest absolute Gasteiger partial charge is 0.244 e. The first-order valence-electron chi connectivity index (χ1n) is 7.82. The quantitative estimate of drug-likeness (QED) is 0.732. The van der Waals surface area contributed by atoms with Crippen molar-refractivity contribution in [3.63, 3.8) is 0 Å². The number of benzene rings is 2. The van der Waals surface area contributed by atoms with Gasteiger partial charge in [0.25, 0.3) is 0 Å². The van der Waals surface area contributed by atoms with Gasteiger partial charge in [-0.25, -0.2) is 4.68 Å². The van der Waals surface area contributed by atoms with Gasteiger partial charge in [0.15, 0.2) is 0 Å². The summed E-state index contributed by atoms with van der Waals surface area (Å²) < 4.78 is 1.80. The van der Waals surface area contributed by atoms with Crippen molar-refractivity contribution in [2.75, 3.05) is 0 Å². The largest absolute Gasteiger partial charge is 0.348 e. The van der Waals surface area contributed by atoms with Crippen LogP contribution in [0.25, 0.3) is 11.8 Å². The number of aryl methyl sites for hydroxylation is 1. The number of hydrogen-bond donors (Lipinski definition) is 1.